The first-order chi connectivity index (χ1) is 11.3. The number of rotatable bonds is 2. The van der Waals surface area contributed by atoms with Gasteiger partial charge in [-0.2, -0.15) is 0 Å². The first kappa shape index (κ1) is 14.0. The second-order valence-electron chi connectivity index (χ2n) is 5.89. The van der Waals surface area contributed by atoms with Gasteiger partial charge in [-0.15, -0.1) is 0 Å². The second kappa shape index (κ2) is 5.89. The molecule has 0 atom stereocenters. The molecule has 4 heteroatoms. The van der Waals surface area contributed by atoms with Gasteiger partial charge in [0.15, 0.2) is 0 Å². The molecule has 0 radical (unpaired) electrons. The number of anilines is 2. The van der Waals surface area contributed by atoms with Gasteiger partial charge in [-0.25, -0.2) is 0 Å². The van der Waals surface area contributed by atoms with Crippen LogP contribution in [0.5, 0.6) is 0 Å². The number of hydrogen-bond donors (Lipinski definition) is 2. The zero-order valence-corrected chi connectivity index (χ0v) is 12.9. The van der Waals surface area contributed by atoms with Gasteiger partial charge < -0.3 is 15.5 Å². The number of nitrogens with one attached hydrogen (secondary N) is 2. The van der Waals surface area contributed by atoms with Gasteiger partial charge in [-0.1, -0.05) is 30.3 Å². The van der Waals surface area contributed by atoms with Crippen molar-refractivity contribution >= 4 is 28.9 Å². The highest BCUT2D eigenvalue weighted by Crippen LogP contribution is 2.32. The Kier molecular flexibility index (Phi) is 3.60. The molecule has 116 valence electrons. The van der Waals surface area contributed by atoms with E-state index in [2.05, 4.69) is 39.8 Å². The number of piperazine rings is 1. The van der Waals surface area contributed by atoms with E-state index < -0.39 is 0 Å². The summed E-state index contributed by atoms with van der Waals surface area (Å²) in [5, 5.41) is 6.27. The molecule has 0 bridgehead atoms. The summed E-state index contributed by atoms with van der Waals surface area (Å²) in [6.45, 7) is 4.14. The molecule has 0 unspecified atom stereocenters. The average Bonchev–Trinajstić information content (AvgIpc) is 2.92. The molecule has 0 aromatic heterocycles. The molecule has 4 rings (SSSR count). The van der Waals surface area contributed by atoms with E-state index in [0.29, 0.717) is 0 Å². The zero-order valence-electron chi connectivity index (χ0n) is 12.9. The van der Waals surface area contributed by atoms with E-state index in [1.54, 1.807) is 0 Å². The smallest absolute Gasteiger partial charge is 0.256 e. The molecule has 0 saturated carbocycles. The summed E-state index contributed by atoms with van der Waals surface area (Å²) in [5.74, 6) is -0.0302. The van der Waals surface area contributed by atoms with Crippen LogP contribution in [0.2, 0.25) is 0 Å². The minimum absolute atomic E-state index is 0.0302. The molecule has 1 fully saturated rings. The molecule has 2 N–H and O–H groups in total. The van der Waals surface area contributed by atoms with Crippen LogP contribution in [-0.4, -0.2) is 32.1 Å². The Labute approximate surface area is 135 Å². The lowest BCUT2D eigenvalue weighted by molar-refractivity contribution is -0.110. The zero-order chi connectivity index (χ0) is 15.6. The van der Waals surface area contributed by atoms with Crippen LogP contribution in [0.25, 0.3) is 11.6 Å². The molecule has 2 aliphatic rings. The highest BCUT2D eigenvalue weighted by atomic mass is 16.2. The quantitative estimate of drug-likeness (QED) is 0.838. The van der Waals surface area contributed by atoms with Crippen molar-refractivity contribution in [2.45, 2.75) is 0 Å². The van der Waals surface area contributed by atoms with Crippen molar-refractivity contribution in [3.63, 3.8) is 0 Å². The molecular weight excluding hydrogens is 286 g/mol. The fourth-order valence-corrected chi connectivity index (χ4v) is 3.15. The molecule has 2 aliphatic heterocycles. The SMILES string of the molecule is O=C1Nc2ccccc2C1=Cc1ccc(N2CCNCC2)cc1. The summed E-state index contributed by atoms with van der Waals surface area (Å²) in [6, 6.07) is 16.2. The first-order valence-corrected chi connectivity index (χ1v) is 7.99. The summed E-state index contributed by atoms with van der Waals surface area (Å²) in [7, 11) is 0. The largest absolute Gasteiger partial charge is 0.369 e. The maximum absolute atomic E-state index is 12.2. The maximum atomic E-state index is 12.2. The van der Waals surface area contributed by atoms with Crippen molar-refractivity contribution < 1.29 is 4.79 Å². The monoisotopic (exact) mass is 305 g/mol. The maximum Gasteiger partial charge on any atom is 0.256 e. The number of nitrogens with zero attached hydrogens (tertiary/aromatic N) is 1. The van der Waals surface area contributed by atoms with Crippen LogP contribution in [0.15, 0.2) is 48.5 Å². The van der Waals surface area contributed by atoms with E-state index in [1.165, 1.54) is 5.69 Å². The molecule has 2 aromatic rings. The molecular formula is C19H19N3O. The number of carbonyl (C=O) groups is 1. The van der Waals surface area contributed by atoms with E-state index in [9.17, 15) is 4.79 Å². The summed E-state index contributed by atoms with van der Waals surface area (Å²) < 4.78 is 0. The molecule has 4 nitrogen and oxygen atoms in total. The van der Waals surface area contributed by atoms with Crippen LogP contribution in [0.3, 0.4) is 0 Å². The van der Waals surface area contributed by atoms with Gasteiger partial charge >= 0.3 is 0 Å². The normalized spacial score (nSPS) is 18.9. The van der Waals surface area contributed by atoms with Crippen molar-refractivity contribution in [2.75, 3.05) is 36.4 Å². The Bertz CT molecular complexity index is 758. The topological polar surface area (TPSA) is 44.4 Å². The Morgan fingerprint density at radius 1 is 0.957 bits per heavy atom. The van der Waals surface area contributed by atoms with Gasteiger partial charge in [0, 0.05) is 48.7 Å². The Morgan fingerprint density at radius 3 is 2.48 bits per heavy atom. The summed E-state index contributed by atoms with van der Waals surface area (Å²) in [6.07, 6.45) is 1.96. The summed E-state index contributed by atoms with van der Waals surface area (Å²) in [4.78, 5) is 14.5. The van der Waals surface area contributed by atoms with Crippen LogP contribution in [0.4, 0.5) is 11.4 Å². The third kappa shape index (κ3) is 2.73. The number of benzene rings is 2. The Balaban J connectivity index is 1.60. The predicted molar refractivity (Wildman–Crippen MR) is 94.5 cm³/mol. The third-order valence-electron chi connectivity index (χ3n) is 4.40. The number of carbonyl (C=O) groups excluding carboxylic acids is 1. The van der Waals surface area contributed by atoms with Crippen LogP contribution >= 0.6 is 0 Å². The first-order valence-electron chi connectivity index (χ1n) is 7.99. The van der Waals surface area contributed by atoms with Gasteiger partial charge in [0.1, 0.15) is 0 Å². The van der Waals surface area contributed by atoms with Gasteiger partial charge in [-0.3, -0.25) is 4.79 Å². The van der Waals surface area contributed by atoms with Gasteiger partial charge in [-0.05, 0) is 29.8 Å². The van der Waals surface area contributed by atoms with Crippen molar-refractivity contribution in [1.82, 2.24) is 5.32 Å². The van der Waals surface area contributed by atoms with Crippen molar-refractivity contribution in [1.29, 1.82) is 0 Å². The standard InChI is InChI=1S/C19H19N3O/c23-19-17(16-3-1-2-4-18(16)21-19)13-14-5-7-15(8-6-14)22-11-9-20-10-12-22/h1-8,13,20H,9-12H2,(H,21,23). The minimum atomic E-state index is -0.0302. The van der Waals surface area contributed by atoms with E-state index in [4.69, 9.17) is 0 Å². The summed E-state index contributed by atoms with van der Waals surface area (Å²) in [5.41, 5.74) is 4.89. The fourth-order valence-electron chi connectivity index (χ4n) is 3.15. The van der Waals surface area contributed by atoms with Crippen LogP contribution in [0, 0.1) is 0 Å². The Hall–Kier alpha value is -2.59. The van der Waals surface area contributed by atoms with Crippen molar-refractivity contribution in [3.8, 4) is 0 Å². The molecule has 23 heavy (non-hydrogen) atoms. The van der Waals surface area contributed by atoms with Crippen LogP contribution in [0.1, 0.15) is 11.1 Å². The van der Waals surface area contributed by atoms with Crippen molar-refractivity contribution in [3.05, 3.63) is 59.7 Å². The molecule has 2 aromatic carbocycles. The lowest BCUT2D eigenvalue weighted by atomic mass is 10.0. The van der Waals surface area contributed by atoms with Gasteiger partial charge in [0.2, 0.25) is 0 Å². The van der Waals surface area contributed by atoms with E-state index in [1.807, 2.05) is 30.3 Å². The average molecular weight is 305 g/mol. The van der Waals surface area contributed by atoms with Gasteiger partial charge in [0.05, 0.1) is 0 Å². The number of hydrogen-bond acceptors (Lipinski definition) is 3. The lowest BCUT2D eigenvalue weighted by Gasteiger charge is -2.29. The van der Waals surface area contributed by atoms with E-state index in [0.717, 1.165) is 48.6 Å². The molecule has 0 spiro atoms. The molecule has 0 aliphatic carbocycles. The lowest BCUT2D eigenvalue weighted by Crippen LogP contribution is -2.43. The Morgan fingerprint density at radius 2 is 1.70 bits per heavy atom. The second-order valence-corrected chi connectivity index (χ2v) is 5.89. The molecule has 1 amide bonds. The van der Waals surface area contributed by atoms with E-state index in [-0.39, 0.29) is 5.91 Å². The van der Waals surface area contributed by atoms with Crippen LogP contribution < -0.4 is 15.5 Å². The van der Waals surface area contributed by atoms with Crippen molar-refractivity contribution in [2.24, 2.45) is 0 Å². The summed E-state index contributed by atoms with van der Waals surface area (Å²) >= 11 is 0. The molecule has 1 saturated heterocycles. The number of fused-ring (bicyclic) bond motifs is 1. The van der Waals surface area contributed by atoms with E-state index >= 15 is 0 Å². The van der Waals surface area contributed by atoms with Crippen LogP contribution in [-0.2, 0) is 4.79 Å². The highest BCUT2D eigenvalue weighted by Gasteiger charge is 2.23. The minimum Gasteiger partial charge on any atom is -0.369 e. The predicted octanol–water partition coefficient (Wildman–Crippen LogP) is 2.59. The fraction of sp³-hybridized carbons (Fsp3) is 0.211. The van der Waals surface area contributed by atoms with Gasteiger partial charge in [0.25, 0.3) is 5.91 Å². The number of para-hydroxylation sites is 1. The highest BCUT2D eigenvalue weighted by molar-refractivity contribution is 6.34. The third-order valence-corrected chi connectivity index (χ3v) is 4.40. The number of amides is 1. The molecule has 2 heterocycles.